The molecule has 0 unspecified atom stereocenters. The number of allylic oxidation sites excluding steroid dienone is 3. The van der Waals surface area contributed by atoms with E-state index in [1.807, 2.05) is 6.92 Å². The lowest BCUT2D eigenvalue weighted by Gasteiger charge is -2.00. The van der Waals surface area contributed by atoms with Gasteiger partial charge in [-0.05, 0) is 19.6 Å². The van der Waals surface area contributed by atoms with E-state index in [9.17, 15) is 0 Å². The lowest BCUT2D eigenvalue weighted by molar-refractivity contribution is 0.831. The van der Waals surface area contributed by atoms with E-state index in [1.54, 1.807) is 17.4 Å². The maximum Gasteiger partial charge on any atom is 0.125 e. The number of hydrogen-bond acceptors (Lipinski definition) is 3. The zero-order chi connectivity index (χ0) is 11.4. The molecular weight excluding hydrogens is 204 g/mol. The van der Waals surface area contributed by atoms with Crippen LogP contribution in [0.25, 0.3) is 5.57 Å². The van der Waals surface area contributed by atoms with Crippen LogP contribution in [0.15, 0.2) is 28.7 Å². The van der Waals surface area contributed by atoms with Gasteiger partial charge in [-0.15, -0.1) is 11.3 Å². The van der Waals surface area contributed by atoms with E-state index in [0.29, 0.717) is 5.92 Å². The predicted octanol–water partition coefficient (Wildman–Crippen LogP) is 3.88. The Hall–Kier alpha value is -1.22. The highest BCUT2D eigenvalue weighted by Gasteiger charge is 2.09. The third kappa shape index (κ3) is 2.63. The van der Waals surface area contributed by atoms with Gasteiger partial charge in [0.25, 0.3) is 0 Å². The van der Waals surface area contributed by atoms with E-state index in [2.05, 4.69) is 42.5 Å². The van der Waals surface area contributed by atoms with E-state index < -0.39 is 0 Å². The molecule has 0 aliphatic heterocycles. The highest BCUT2D eigenvalue weighted by Crippen LogP contribution is 2.26. The summed E-state index contributed by atoms with van der Waals surface area (Å²) in [5.74, 6) is 0.457. The van der Waals surface area contributed by atoms with Crippen LogP contribution in [0.3, 0.4) is 0 Å². The molecule has 15 heavy (non-hydrogen) atoms. The second-order valence-electron chi connectivity index (χ2n) is 3.59. The number of aromatic nitrogens is 1. The third-order valence-electron chi connectivity index (χ3n) is 2.17. The molecule has 0 saturated heterocycles. The topological polar surface area (TPSA) is 25.2 Å². The Bertz CT molecular complexity index is 400. The summed E-state index contributed by atoms with van der Waals surface area (Å²) in [6.07, 6.45) is 1.78. The predicted molar refractivity (Wildman–Crippen MR) is 68.5 cm³/mol. The van der Waals surface area contributed by atoms with E-state index in [-0.39, 0.29) is 0 Å². The molecule has 0 atom stereocenters. The van der Waals surface area contributed by atoms with Crippen LogP contribution < -0.4 is 0 Å². The molecule has 0 fully saturated rings. The molecule has 0 aliphatic carbocycles. The quantitative estimate of drug-likeness (QED) is 0.558. The van der Waals surface area contributed by atoms with E-state index in [0.717, 1.165) is 22.0 Å². The molecule has 1 rings (SSSR count). The third-order valence-corrected chi connectivity index (χ3v) is 3.07. The summed E-state index contributed by atoms with van der Waals surface area (Å²) in [4.78, 5) is 8.47. The first-order valence-corrected chi connectivity index (χ1v) is 5.74. The Morgan fingerprint density at radius 3 is 2.67 bits per heavy atom. The smallest absolute Gasteiger partial charge is 0.125 e. The molecule has 0 N–H and O–H groups in total. The second kappa shape index (κ2) is 5.03. The maximum absolute atomic E-state index is 4.55. The minimum atomic E-state index is 0.457. The molecule has 0 saturated carbocycles. The summed E-state index contributed by atoms with van der Waals surface area (Å²) >= 11 is 1.63. The van der Waals surface area contributed by atoms with Crippen molar-refractivity contribution in [3.05, 3.63) is 34.4 Å². The Labute approximate surface area is 95.1 Å². The van der Waals surface area contributed by atoms with Crippen LogP contribution in [-0.4, -0.2) is 11.7 Å². The number of hydrogen-bond donors (Lipinski definition) is 0. The van der Waals surface area contributed by atoms with Crippen LogP contribution >= 0.6 is 11.3 Å². The van der Waals surface area contributed by atoms with Crippen LogP contribution in [0.2, 0.25) is 0 Å². The molecule has 0 aromatic carbocycles. The van der Waals surface area contributed by atoms with Crippen molar-refractivity contribution >= 4 is 23.6 Å². The van der Waals surface area contributed by atoms with Gasteiger partial charge < -0.3 is 0 Å². The molecule has 0 radical (unpaired) electrons. The van der Waals surface area contributed by atoms with Crippen LogP contribution in [0, 0.1) is 0 Å². The van der Waals surface area contributed by atoms with Crippen molar-refractivity contribution in [3.63, 3.8) is 0 Å². The maximum atomic E-state index is 4.55. The van der Waals surface area contributed by atoms with E-state index in [4.69, 9.17) is 0 Å². The van der Waals surface area contributed by atoms with Gasteiger partial charge in [-0.2, -0.15) is 0 Å². The zero-order valence-corrected chi connectivity index (χ0v) is 10.3. The first-order valence-electron chi connectivity index (χ1n) is 4.86. The lowest BCUT2D eigenvalue weighted by atomic mass is 10.1. The fourth-order valence-electron chi connectivity index (χ4n) is 1.15. The van der Waals surface area contributed by atoms with Crippen LogP contribution in [0.4, 0.5) is 0 Å². The fourth-order valence-corrected chi connectivity index (χ4v) is 2.22. The molecule has 3 heteroatoms. The minimum absolute atomic E-state index is 0.457. The van der Waals surface area contributed by atoms with E-state index >= 15 is 0 Å². The van der Waals surface area contributed by atoms with Crippen LogP contribution in [-0.2, 0) is 0 Å². The average molecular weight is 220 g/mol. The minimum Gasteiger partial charge on any atom is -0.269 e. The highest BCUT2D eigenvalue weighted by atomic mass is 32.1. The Kier molecular flexibility index (Phi) is 3.97. The van der Waals surface area contributed by atoms with Gasteiger partial charge in [0, 0.05) is 16.7 Å². The van der Waals surface area contributed by atoms with Gasteiger partial charge in [0.1, 0.15) is 5.01 Å². The summed E-state index contributed by atoms with van der Waals surface area (Å²) in [7, 11) is 0. The summed E-state index contributed by atoms with van der Waals surface area (Å²) in [6.45, 7) is 13.5. The van der Waals surface area contributed by atoms with Crippen molar-refractivity contribution in [3.8, 4) is 0 Å². The standard InChI is InChI=1S/C12H16N2S/c1-6-10(9(4)13-5)12-14-11(7-15-12)8(2)3/h6-8H,1,5H2,2-4H3. The van der Waals surface area contributed by atoms with Gasteiger partial charge in [0.15, 0.2) is 0 Å². The number of nitrogens with zero attached hydrogens (tertiary/aromatic N) is 2. The van der Waals surface area contributed by atoms with Crippen LogP contribution in [0.1, 0.15) is 37.4 Å². The highest BCUT2D eigenvalue weighted by molar-refractivity contribution is 7.10. The normalized spacial score (nSPS) is 12.5. The van der Waals surface area contributed by atoms with Gasteiger partial charge in [-0.25, -0.2) is 4.98 Å². The van der Waals surface area contributed by atoms with Crippen molar-refractivity contribution in [1.29, 1.82) is 0 Å². The summed E-state index contributed by atoms with van der Waals surface area (Å²) < 4.78 is 0. The molecule has 2 nitrogen and oxygen atoms in total. The summed E-state index contributed by atoms with van der Waals surface area (Å²) in [6, 6.07) is 0. The molecule has 0 bridgehead atoms. The summed E-state index contributed by atoms with van der Waals surface area (Å²) in [5.41, 5.74) is 2.96. The van der Waals surface area contributed by atoms with Crippen molar-refractivity contribution in [1.82, 2.24) is 4.98 Å². The fraction of sp³-hybridized carbons (Fsp3) is 0.333. The molecule has 0 spiro atoms. The summed E-state index contributed by atoms with van der Waals surface area (Å²) in [5, 5.41) is 3.05. The first-order chi connectivity index (χ1) is 7.10. The zero-order valence-electron chi connectivity index (χ0n) is 9.45. The molecular formula is C12H16N2S. The molecule has 0 amide bonds. The van der Waals surface area contributed by atoms with Gasteiger partial charge >= 0.3 is 0 Å². The van der Waals surface area contributed by atoms with Crippen molar-refractivity contribution in [2.45, 2.75) is 26.7 Å². The Morgan fingerprint density at radius 1 is 1.60 bits per heavy atom. The molecule has 1 aromatic heterocycles. The van der Waals surface area contributed by atoms with Gasteiger partial charge in [0.2, 0.25) is 0 Å². The van der Waals surface area contributed by atoms with Crippen molar-refractivity contribution < 1.29 is 0 Å². The van der Waals surface area contributed by atoms with Gasteiger partial charge in [-0.3, -0.25) is 4.99 Å². The average Bonchev–Trinajstić information content (AvgIpc) is 2.68. The number of thiazole rings is 1. The number of aliphatic imine (C=N–C) groups is 1. The number of rotatable bonds is 4. The first kappa shape index (κ1) is 11.9. The van der Waals surface area contributed by atoms with Crippen molar-refractivity contribution in [2.24, 2.45) is 4.99 Å². The monoisotopic (exact) mass is 220 g/mol. The van der Waals surface area contributed by atoms with Gasteiger partial charge in [-0.1, -0.05) is 26.5 Å². The SMILES string of the molecule is C=CC(=C(C)N=C)c1nc(C(C)C)cs1. The molecule has 0 aliphatic rings. The van der Waals surface area contributed by atoms with E-state index in [1.165, 1.54) is 0 Å². The second-order valence-corrected chi connectivity index (χ2v) is 4.45. The van der Waals surface area contributed by atoms with Gasteiger partial charge in [0.05, 0.1) is 5.69 Å². The molecule has 1 aromatic rings. The molecule has 80 valence electrons. The Balaban J connectivity index is 3.14. The molecule has 1 heterocycles. The largest absolute Gasteiger partial charge is 0.269 e. The van der Waals surface area contributed by atoms with Crippen molar-refractivity contribution in [2.75, 3.05) is 0 Å². The Morgan fingerprint density at radius 2 is 2.27 bits per heavy atom. The van der Waals surface area contributed by atoms with Crippen LogP contribution in [0.5, 0.6) is 0 Å². The lowest BCUT2D eigenvalue weighted by Crippen LogP contribution is -1.89.